The zero-order chi connectivity index (χ0) is 18.8. The predicted octanol–water partition coefficient (Wildman–Crippen LogP) is 3.17. The lowest BCUT2D eigenvalue weighted by atomic mass is 10.1. The summed E-state index contributed by atoms with van der Waals surface area (Å²) in [6.45, 7) is 4.17. The van der Waals surface area contributed by atoms with Crippen molar-refractivity contribution in [2.75, 3.05) is 27.4 Å². The van der Waals surface area contributed by atoms with Crippen LogP contribution in [0.15, 0.2) is 55.1 Å². The number of methoxy groups -OCH3 is 2. The van der Waals surface area contributed by atoms with Crippen molar-refractivity contribution < 1.29 is 19.0 Å². The van der Waals surface area contributed by atoms with Gasteiger partial charge in [0.1, 0.15) is 5.75 Å². The fourth-order valence-corrected chi connectivity index (χ4v) is 2.57. The van der Waals surface area contributed by atoms with Crippen LogP contribution in [0.3, 0.4) is 0 Å². The van der Waals surface area contributed by atoms with Gasteiger partial charge in [0.2, 0.25) is 0 Å². The molecule has 0 aliphatic heterocycles. The maximum Gasteiger partial charge on any atom is 0.257 e. The van der Waals surface area contributed by atoms with E-state index in [4.69, 9.17) is 14.2 Å². The standard InChI is InChI=1S/C21H25NO4/c1-4-7-16-10-11-19(20(14-16)25-3)26-15-21(23)22-13-12-17-8-5-6-9-18(17)24-2/h4-6,8-11,14H,1,7,12-13,15H2,2-3H3,(H,22,23). The summed E-state index contributed by atoms with van der Waals surface area (Å²) in [6, 6.07) is 13.4. The average molecular weight is 355 g/mol. The average Bonchev–Trinajstić information content (AvgIpc) is 2.67. The number of rotatable bonds is 10. The summed E-state index contributed by atoms with van der Waals surface area (Å²) in [5, 5.41) is 2.85. The van der Waals surface area contributed by atoms with E-state index in [2.05, 4.69) is 11.9 Å². The number of hydrogen-bond donors (Lipinski definition) is 1. The van der Waals surface area contributed by atoms with Crippen LogP contribution in [0.4, 0.5) is 0 Å². The van der Waals surface area contributed by atoms with E-state index in [1.807, 2.05) is 42.5 Å². The minimum Gasteiger partial charge on any atom is -0.496 e. The lowest BCUT2D eigenvalue weighted by Crippen LogP contribution is -2.30. The molecule has 2 rings (SSSR count). The summed E-state index contributed by atoms with van der Waals surface area (Å²) in [5.74, 6) is 1.78. The molecule has 138 valence electrons. The first-order valence-electron chi connectivity index (χ1n) is 8.47. The monoisotopic (exact) mass is 355 g/mol. The lowest BCUT2D eigenvalue weighted by Gasteiger charge is -2.12. The van der Waals surface area contributed by atoms with Crippen molar-refractivity contribution >= 4 is 5.91 Å². The van der Waals surface area contributed by atoms with Crippen molar-refractivity contribution in [1.29, 1.82) is 0 Å². The molecule has 1 amide bonds. The van der Waals surface area contributed by atoms with Gasteiger partial charge < -0.3 is 19.5 Å². The van der Waals surface area contributed by atoms with E-state index < -0.39 is 0 Å². The minimum absolute atomic E-state index is 0.0664. The second-order valence-corrected chi connectivity index (χ2v) is 5.68. The molecule has 2 aromatic carbocycles. The van der Waals surface area contributed by atoms with Gasteiger partial charge >= 0.3 is 0 Å². The summed E-state index contributed by atoms with van der Waals surface area (Å²) >= 11 is 0. The lowest BCUT2D eigenvalue weighted by molar-refractivity contribution is -0.123. The fourth-order valence-electron chi connectivity index (χ4n) is 2.57. The van der Waals surface area contributed by atoms with Gasteiger partial charge in [-0.05, 0) is 42.2 Å². The first kappa shape index (κ1) is 19.4. The zero-order valence-electron chi connectivity index (χ0n) is 15.3. The van der Waals surface area contributed by atoms with E-state index in [0.717, 1.165) is 23.3 Å². The van der Waals surface area contributed by atoms with Gasteiger partial charge in [0.15, 0.2) is 18.1 Å². The first-order chi connectivity index (χ1) is 12.7. The Morgan fingerprint density at radius 1 is 1.08 bits per heavy atom. The van der Waals surface area contributed by atoms with Crippen LogP contribution < -0.4 is 19.5 Å². The Morgan fingerprint density at radius 3 is 2.58 bits per heavy atom. The molecule has 0 bridgehead atoms. The van der Waals surface area contributed by atoms with E-state index in [-0.39, 0.29) is 12.5 Å². The number of carbonyl (C=O) groups excluding carboxylic acids is 1. The first-order valence-corrected chi connectivity index (χ1v) is 8.47. The second-order valence-electron chi connectivity index (χ2n) is 5.68. The number of hydrogen-bond acceptors (Lipinski definition) is 4. The zero-order valence-corrected chi connectivity index (χ0v) is 15.3. The molecule has 0 heterocycles. The molecule has 0 atom stereocenters. The molecule has 26 heavy (non-hydrogen) atoms. The molecule has 0 spiro atoms. The highest BCUT2D eigenvalue weighted by Gasteiger charge is 2.09. The summed E-state index contributed by atoms with van der Waals surface area (Å²) in [4.78, 5) is 12.0. The Morgan fingerprint density at radius 2 is 1.85 bits per heavy atom. The summed E-state index contributed by atoms with van der Waals surface area (Å²) < 4.78 is 16.2. The van der Waals surface area contributed by atoms with Crippen molar-refractivity contribution in [3.8, 4) is 17.2 Å². The third-order valence-corrected chi connectivity index (χ3v) is 3.88. The number of benzene rings is 2. The number of amides is 1. The molecule has 0 aliphatic carbocycles. The van der Waals surface area contributed by atoms with E-state index in [0.29, 0.717) is 24.5 Å². The quantitative estimate of drug-likeness (QED) is 0.665. The largest absolute Gasteiger partial charge is 0.496 e. The Balaban J connectivity index is 1.82. The maximum atomic E-state index is 12.0. The van der Waals surface area contributed by atoms with Gasteiger partial charge in [-0.25, -0.2) is 0 Å². The number of para-hydroxylation sites is 1. The number of allylic oxidation sites excluding steroid dienone is 1. The highest BCUT2D eigenvalue weighted by atomic mass is 16.5. The van der Waals surface area contributed by atoms with E-state index in [1.54, 1.807) is 20.3 Å². The van der Waals surface area contributed by atoms with Crippen LogP contribution in [0.1, 0.15) is 11.1 Å². The molecule has 5 nitrogen and oxygen atoms in total. The van der Waals surface area contributed by atoms with Crippen molar-refractivity contribution in [3.63, 3.8) is 0 Å². The Labute approximate surface area is 154 Å². The number of ether oxygens (including phenoxy) is 3. The fraction of sp³-hybridized carbons (Fsp3) is 0.286. The second kappa shape index (κ2) is 10.1. The van der Waals surface area contributed by atoms with Gasteiger partial charge in [-0.1, -0.05) is 30.3 Å². The van der Waals surface area contributed by atoms with Crippen molar-refractivity contribution in [2.45, 2.75) is 12.8 Å². The van der Waals surface area contributed by atoms with Crippen LogP contribution in [0.2, 0.25) is 0 Å². The van der Waals surface area contributed by atoms with Gasteiger partial charge in [0, 0.05) is 6.54 Å². The summed E-state index contributed by atoms with van der Waals surface area (Å²) in [7, 11) is 3.21. The van der Waals surface area contributed by atoms with Crippen LogP contribution in [0.5, 0.6) is 17.2 Å². The van der Waals surface area contributed by atoms with Gasteiger partial charge in [0.05, 0.1) is 14.2 Å². The predicted molar refractivity (Wildman–Crippen MR) is 102 cm³/mol. The van der Waals surface area contributed by atoms with Crippen molar-refractivity contribution in [2.24, 2.45) is 0 Å². The third kappa shape index (κ3) is 5.55. The molecule has 2 aromatic rings. The highest BCUT2D eigenvalue weighted by molar-refractivity contribution is 5.77. The topological polar surface area (TPSA) is 56.8 Å². The van der Waals surface area contributed by atoms with E-state index >= 15 is 0 Å². The van der Waals surface area contributed by atoms with Crippen LogP contribution in [0.25, 0.3) is 0 Å². The van der Waals surface area contributed by atoms with E-state index in [9.17, 15) is 4.79 Å². The normalized spacial score (nSPS) is 10.1. The molecule has 0 saturated heterocycles. The number of nitrogens with one attached hydrogen (secondary N) is 1. The number of carbonyl (C=O) groups is 1. The van der Waals surface area contributed by atoms with Crippen molar-refractivity contribution in [3.05, 3.63) is 66.2 Å². The molecule has 0 fully saturated rings. The van der Waals surface area contributed by atoms with Crippen LogP contribution in [0, 0.1) is 0 Å². The maximum absolute atomic E-state index is 12.0. The van der Waals surface area contributed by atoms with Gasteiger partial charge in [-0.2, -0.15) is 0 Å². The molecule has 1 N–H and O–H groups in total. The van der Waals surface area contributed by atoms with Crippen LogP contribution in [-0.2, 0) is 17.6 Å². The van der Waals surface area contributed by atoms with E-state index in [1.165, 1.54) is 0 Å². The molecule has 0 aliphatic rings. The highest BCUT2D eigenvalue weighted by Crippen LogP contribution is 2.28. The van der Waals surface area contributed by atoms with Gasteiger partial charge in [-0.15, -0.1) is 6.58 Å². The van der Waals surface area contributed by atoms with Gasteiger partial charge in [-0.3, -0.25) is 4.79 Å². The molecule has 0 aromatic heterocycles. The smallest absolute Gasteiger partial charge is 0.257 e. The van der Waals surface area contributed by atoms with Crippen molar-refractivity contribution in [1.82, 2.24) is 5.32 Å². The van der Waals surface area contributed by atoms with Crippen LogP contribution in [-0.4, -0.2) is 33.3 Å². The third-order valence-electron chi connectivity index (χ3n) is 3.88. The molecule has 0 saturated carbocycles. The molecular weight excluding hydrogens is 330 g/mol. The van der Waals surface area contributed by atoms with Crippen LogP contribution >= 0.6 is 0 Å². The minimum atomic E-state index is -0.183. The van der Waals surface area contributed by atoms with Gasteiger partial charge in [0.25, 0.3) is 5.91 Å². The SMILES string of the molecule is C=CCc1ccc(OCC(=O)NCCc2ccccc2OC)c(OC)c1. The molecule has 0 unspecified atom stereocenters. The molecular formula is C21H25NO4. The molecule has 0 radical (unpaired) electrons. The Bertz CT molecular complexity index is 743. The summed E-state index contributed by atoms with van der Waals surface area (Å²) in [6.07, 6.45) is 3.26. The Kier molecular flexibility index (Phi) is 7.55. The Hall–Kier alpha value is -2.95. The molecule has 5 heteroatoms. The summed E-state index contributed by atoms with van der Waals surface area (Å²) in [5.41, 5.74) is 2.13.